The topological polar surface area (TPSA) is 48.3 Å². The molecule has 0 atom stereocenters. The van der Waals surface area contributed by atoms with Gasteiger partial charge < -0.3 is 19.4 Å². The number of halogens is 3. The zero-order valence-corrected chi connectivity index (χ0v) is 16.7. The Balaban J connectivity index is 2.01. The Morgan fingerprint density at radius 1 is 1.35 bits per heavy atom. The minimum atomic E-state index is -0.413. The van der Waals surface area contributed by atoms with Crippen LogP contribution >= 0.6 is 27.5 Å². The predicted molar refractivity (Wildman–Crippen MR) is 105 cm³/mol. The van der Waals surface area contributed by atoms with Gasteiger partial charge in [0, 0.05) is 18.6 Å². The summed E-state index contributed by atoms with van der Waals surface area (Å²) in [5, 5.41) is 3.60. The molecule has 0 fully saturated rings. The molecule has 3 aromatic rings. The van der Waals surface area contributed by atoms with Gasteiger partial charge in [-0.1, -0.05) is 27.5 Å². The van der Waals surface area contributed by atoms with E-state index in [4.69, 9.17) is 21.1 Å². The van der Waals surface area contributed by atoms with Crippen LogP contribution < -0.4 is 5.32 Å². The van der Waals surface area contributed by atoms with Crippen molar-refractivity contribution in [1.82, 2.24) is 9.55 Å². The molecule has 0 aliphatic heterocycles. The summed E-state index contributed by atoms with van der Waals surface area (Å²) in [4.78, 5) is 4.16. The fourth-order valence-corrected chi connectivity index (χ4v) is 3.38. The SMILES string of the molecule is COCOCCc1cc2c(ncn2C)c(F)c1Nc1ccc(Br)cc1Cl. The Hall–Kier alpha value is -1.67. The van der Waals surface area contributed by atoms with Crippen LogP contribution in [0.3, 0.4) is 0 Å². The lowest BCUT2D eigenvalue weighted by Gasteiger charge is -2.15. The van der Waals surface area contributed by atoms with Crippen molar-refractivity contribution in [1.29, 1.82) is 0 Å². The molecule has 0 aliphatic rings. The van der Waals surface area contributed by atoms with E-state index in [0.29, 0.717) is 34.9 Å². The Bertz CT molecular complexity index is 932. The van der Waals surface area contributed by atoms with Crippen molar-refractivity contribution in [2.45, 2.75) is 6.42 Å². The number of ether oxygens (including phenoxy) is 2. The van der Waals surface area contributed by atoms with Crippen molar-refractivity contribution >= 4 is 49.9 Å². The average Bonchev–Trinajstić information content (AvgIpc) is 2.98. The molecule has 1 aromatic heterocycles. The molecule has 26 heavy (non-hydrogen) atoms. The number of methoxy groups -OCH3 is 1. The molecule has 2 aromatic carbocycles. The zero-order valence-electron chi connectivity index (χ0n) is 14.4. The van der Waals surface area contributed by atoms with Gasteiger partial charge in [-0.15, -0.1) is 0 Å². The van der Waals surface area contributed by atoms with Crippen LogP contribution in [-0.2, 0) is 22.9 Å². The number of nitrogens with zero attached hydrogens (tertiary/aromatic N) is 2. The van der Waals surface area contributed by atoms with Crippen molar-refractivity contribution < 1.29 is 13.9 Å². The van der Waals surface area contributed by atoms with Gasteiger partial charge in [-0.05, 0) is 36.2 Å². The monoisotopic (exact) mass is 441 g/mol. The van der Waals surface area contributed by atoms with Crippen LogP contribution in [0.1, 0.15) is 5.56 Å². The van der Waals surface area contributed by atoms with Crippen LogP contribution in [-0.4, -0.2) is 30.1 Å². The predicted octanol–water partition coefficient (Wildman–Crippen LogP) is 5.03. The number of hydrogen-bond acceptors (Lipinski definition) is 4. The number of imidazole rings is 1. The lowest BCUT2D eigenvalue weighted by molar-refractivity contribution is -0.0291. The number of benzene rings is 2. The number of aromatic nitrogens is 2. The molecule has 0 radical (unpaired) electrons. The van der Waals surface area contributed by atoms with Crippen LogP contribution in [0.5, 0.6) is 0 Å². The van der Waals surface area contributed by atoms with Crippen LogP contribution in [0.2, 0.25) is 5.02 Å². The summed E-state index contributed by atoms with van der Waals surface area (Å²) in [6, 6.07) is 7.30. The van der Waals surface area contributed by atoms with E-state index in [9.17, 15) is 0 Å². The second-order valence-electron chi connectivity index (χ2n) is 5.76. The molecule has 0 bridgehead atoms. The van der Waals surface area contributed by atoms with Crippen molar-refractivity contribution in [2.75, 3.05) is 25.8 Å². The lowest BCUT2D eigenvalue weighted by atomic mass is 10.1. The lowest BCUT2D eigenvalue weighted by Crippen LogP contribution is -2.06. The number of rotatable bonds is 7. The van der Waals surface area contributed by atoms with E-state index in [2.05, 4.69) is 26.2 Å². The van der Waals surface area contributed by atoms with Gasteiger partial charge in [-0.3, -0.25) is 0 Å². The standard InChI is InChI=1S/C18H18BrClFN3O2/c1-24-9-22-18-15(24)7-11(5-6-26-10-25-2)17(16(18)21)23-14-4-3-12(19)8-13(14)20/h3-4,7-9,23H,5-6,10H2,1-2H3. The molecule has 8 heteroatoms. The van der Waals surface area contributed by atoms with Crippen LogP contribution in [0.25, 0.3) is 11.0 Å². The first-order chi connectivity index (χ1) is 12.5. The second-order valence-corrected chi connectivity index (χ2v) is 7.08. The van der Waals surface area contributed by atoms with E-state index >= 15 is 4.39 Å². The summed E-state index contributed by atoms with van der Waals surface area (Å²) >= 11 is 9.64. The molecule has 3 rings (SSSR count). The molecule has 1 N–H and O–H groups in total. The number of hydrogen-bond donors (Lipinski definition) is 1. The molecule has 1 heterocycles. The third kappa shape index (κ3) is 4.01. The molecule has 0 saturated carbocycles. The van der Waals surface area contributed by atoms with E-state index in [-0.39, 0.29) is 6.79 Å². The summed E-state index contributed by atoms with van der Waals surface area (Å²) in [6.07, 6.45) is 2.10. The molecule has 5 nitrogen and oxygen atoms in total. The van der Waals surface area contributed by atoms with E-state index in [1.807, 2.05) is 19.2 Å². The maximum Gasteiger partial charge on any atom is 0.174 e. The Morgan fingerprint density at radius 3 is 2.88 bits per heavy atom. The maximum atomic E-state index is 15.2. The summed E-state index contributed by atoms with van der Waals surface area (Å²) in [6.45, 7) is 0.594. The quantitative estimate of drug-likeness (QED) is 0.412. The van der Waals surface area contributed by atoms with Gasteiger partial charge in [0.05, 0.1) is 34.8 Å². The first kappa shape index (κ1) is 19.1. The van der Waals surface area contributed by atoms with Gasteiger partial charge in [0.25, 0.3) is 0 Å². The molecule has 0 aliphatic carbocycles. The zero-order chi connectivity index (χ0) is 18.7. The van der Waals surface area contributed by atoms with Gasteiger partial charge in [0.1, 0.15) is 12.3 Å². The molecule has 0 saturated heterocycles. The molecule has 0 unspecified atom stereocenters. The highest BCUT2D eigenvalue weighted by Gasteiger charge is 2.17. The molecule has 0 spiro atoms. The highest BCUT2D eigenvalue weighted by Crippen LogP contribution is 2.34. The van der Waals surface area contributed by atoms with Crippen molar-refractivity contribution in [2.24, 2.45) is 7.05 Å². The minimum absolute atomic E-state index is 0.192. The van der Waals surface area contributed by atoms with Crippen molar-refractivity contribution in [3.8, 4) is 0 Å². The Morgan fingerprint density at radius 2 is 2.15 bits per heavy atom. The molecule has 0 amide bonds. The highest BCUT2D eigenvalue weighted by atomic mass is 79.9. The second kappa shape index (κ2) is 8.35. The van der Waals surface area contributed by atoms with E-state index in [0.717, 1.165) is 15.6 Å². The summed E-state index contributed by atoms with van der Waals surface area (Å²) in [5.74, 6) is -0.413. The van der Waals surface area contributed by atoms with Gasteiger partial charge in [-0.25, -0.2) is 9.37 Å². The van der Waals surface area contributed by atoms with E-state index in [1.165, 1.54) is 0 Å². The van der Waals surface area contributed by atoms with Crippen molar-refractivity contribution in [3.05, 3.63) is 51.5 Å². The number of fused-ring (bicyclic) bond motifs is 1. The Kier molecular flexibility index (Phi) is 6.13. The van der Waals surface area contributed by atoms with Gasteiger partial charge in [-0.2, -0.15) is 0 Å². The largest absolute Gasteiger partial charge is 0.359 e. The fourth-order valence-electron chi connectivity index (χ4n) is 2.66. The summed E-state index contributed by atoms with van der Waals surface area (Å²) < 4.78 is 28.0. The van der Waals surface area contributed by atoms with Gasteiger partial charge >= 0.3 is 0 Å². The molecule has 138 valence electrons. The van der Waals surface area contributed by atoms with E-state index in [1.54, 1.807) is 30.1 Å². The maximum absolute atomic E-state index is 15.2. The van der Waals surface area contributed by atoms with Gasteiger partial charge in [0.2, 0.25) is 0 Å². The fraction of sp³-hybridized carbons (Fsp3) is 0.278. The van der Waals surface area contributed by atoms with Crippen LogP contribution in [0.4, 0.5) is 15.8 Å². The molecular formula is C18H18BrClFN3O2. The third-order valence-corrected chi connectivity index (χ3v) is 4.76. The van der Waals surface area contributed by atoms with E-state index < -0.39 is 5.82 Å². The Labute approximate surface area is 164 Å². The van der Waals surface area contributed by atoms with Crippen molar-refractivity contribution in [3.63, 3.8) is 0 Å². The minimum Gasteiger partial charge on any atom is -0.359 e. The summed E-state index contributed by atoms with van der Waals surface area (Å²) in [7, 11) is 3.39. The van der Waals surface area contributed by atoms with Crippen LogP contribution in [0, 0.1) is 5.82 Å². The average molecular weight is 443 g/mol. The highest BCUT2D eigenvalue weighted by molar-refractivity contribution is 9.10. The summed E-state index contributed by atoms with van der Waals surface area (Å²) in [5.41, 5.74) is 2.76. The first-order valence-corrected chi connectivity index (χ1v) is 9.09. The smallest absolute Gasteiger partial charge is 0.174 e. The first-order valence-electron chi connectivity index (χ1n) is 7.92. The number of aryl methyl sites for hydroxylation is 1. The number of nitrogens with one attached hydrogen (secondary N) is 1. The number of anilines is 2. The van der Waals surface area contributed by atoms with Gasteiger partial charge in [0.15, 0.2) is 5.82 Å². The molecular weight excluding hydrogens is 425 g/mol. The van der Waals surface area contributed by atoms with Crippen LogP contribution in [0.15, 0.2) is 35.1 Å². The third-order valence-electron chi connectivity index (χ3n) is 3.95. The normalized spacial score (nSPS) is 11.3.